The Morgan fingerprint density at radius 3 is 2.48 bits per heavy atom. The molecular weight excluding hydrogens is 294 g/mol. The van der Waals surface area contributed by atoms with Crippen LogP contribution in [0.3, 0.4) is 0 Å². The highest BCUT2D eigenvalue weighted by molar-refractivity contribution is 7.89. The molecule has 0 fully saturated rings. The molecule has 0 amide bonds. The van der Waals surface area contributed by atoms with Crippen molar-refractivity contribution < 1.29 is 18.3 Å². The Morgan fingerprint density at radius 1 is 1.33 bits per heavy atom. The van der Waals surface area contributed by atoms with Crippen LogP contribution in [0.2, 0.25) is 0 Å². The molecule has 7 nitrogen and oxygen atoms in total. The van der Waals surface area contributed by atoms with Gasteiger partial charge in [0.25, 0.3) is 10.0 Å². The van der Waals surface area contributed by atoms with E-state index in [1.54, 1.807) is 26.8 Å². The fraction of sp³-hybridized carbons (Fsp3) is 0.385. The number of carbonyl (C=O) groups is 1. The molecular formula is C13H17N3O4S. The minimum Gasteiger partial charge on any atom is -0.478 e. The van der Waals surface area contributed by atoms with Crippen LogP contribution in [0.4, 0.5) is 0 Å². The molecule has 0 unspecified atom stereocenters. The van der Waals surface area contributed by atoms with Crippen LogP contribution >= 0.6 is 0 Å². The molecule has 0 aliphatic carbocycles. The zero-order valence-electron chi connectivity index (χ0n) is 12.2. The molecule has 1 aromatic heterocycles. The molecule has 0 bridgehead atoms. The number of rotatable bonds is 3. The summed E-state index contributed by atoms with van der Waals surface area (Å²) in [6.07, 6.45) is 0. The molecule has 0 aliphatic heterocycles. The number of aromatic carboxylic acids is 1. The normalized spacial score (nSPS) is 12.8. The molecule has 114 valence electrons. The largest absolute Gasteiger partial charge is 0.478 e. The van der Waals surface area contributed by atoms with Crippen LogP contribution in [0, 0.1) is 0 Å². The van der Waals surface area contributed by atoms with Crippen molar-refractivity contribution in [3.8, 4) is 0 Å². The van der Waals surface area contributed by atoms with E-state index in [1.807, 2.05) is 0 Å². The number of nitrogens with one attached hydrogen (secondary N) is 1. The third-order valence-corrected chi connectivity index (χ3v) is 4.59. The van der Waals surface area contributed by atoms with Crippen molar-refractivity contribution >= 4 is 26.9 Å². The van der Waals surface area contributed by atoms with Gasteiger partial charge in [-0.25, -0.2) is 17.9 Å². The number of nitrogens with zero attached hydrogens (tertiary/aromatic N) is 2. The molecule has 0 spiro atoms. The number of sulfonamides is 1. The highest BCUT2D eigenvalue weighted by atomic mass is 32.2. The van der Waals surface area contributed by atoms with Gasteiger partial charge in [-0.05, 0) is 32.9 Å². The van der Waals surface area contributed by atoms with Crippen molar-refractivity contribution in [3.63, 3.8) is 0 Å². The first-order valence-electron chi connectivity index (χ1n) is 6.26. The van der Waals surface area contributed by atoms with Crippen LogP contribution in [0.1, 0.15) is 31.1 Å². The zero-order valence-corrected chi connectivity index (χ0v) is 13.0. The number of carboxylic acid groups (broad SMARTS) is 1. The van der Waals surface area contributed by atoms with Gasteiger partial charge in [-0.2, -0.15) is 5.10 Å². The Kier molecular flexibility index (Phi) is 3.54. The highest BCUT2D eigenvalue weighted by Gasteiger charge is 2.29. The minimum atomic E-state index is -3.90. The van der Waals surface area contributed by atoms with Gasteiger partial charge in [-0.15, -0.1) is 0 Å². The van der Waals surface area contributed by atoms with E-state index in [0.29, 0.717) is 5.52 Å². The van der Waals surface area contributed by atoms with Crippen molar-refractivity contribution in [1.29, 1.82) is 0 Å². The van der Waals surface area contributed by atoms with Crippen molar-refractivity contribution in [1.82, 2.24) is 14.5 Å². The number of aromatic nitrogens is 2. The van der Waals surface area contributed by atoms with Gasteiger partial charge in [-0.1, -0.05) is 6.07 Å². The van der Waals surface area contributed by atoms with E-state index in [2.05, 4.69) is 9.82 Å². The quantitative estimate of drug-likeness (QED) is 0.891. The number of aryl methyl sites for hydroxylation is 1. The minimum absolute atomic E-state index is 0.0881. The van der Waals surface area contributed by atoms with E-state index in [-0.39, 0.29) is 16.0 Å². The topological polar surface area (TPSA) is 101 Å². The molecule has 0 saturated heterocycles. The van der Waals surface area contributed by atoms with Gasteiger partial charge in [0.15, 0.2) is 5.03 Å². The number of hydrogen-bond acceptors (Lipinski definition) is 4. The summed E-state index contributed by atoms with van der Waals surface area (Å²) in [4.78, 5) is 11.3. The van der Waals surface area contributed by atoms with Crippen molar-refractivity contribution in [2.24, 2.45) is 7.05 Å². The van der Waals surface area contributed by atoms with Gasteiger partial charge in [-0.3, -0.25) is 4.68 Å². The Balaban J connectivity index is 2.81. The van der Waals surface area contributed by atoms with Crippen LogP contribution < -0.4 is 4.72 Å². The monoisotopic (exact) mass is 311 g/mol. The summed E-state index contributed by atoms with van der Waals surface area (Å²) in [5.74, 6) is -1.19. The van der Waals surface area contributed by atoms with Gasteiger partial charge in [0.2, 0.25) is 0 Å². The second-order valence-electron chi connectivity index (χ2n) is 5.79. The average molecular weight is 311 g/mol. The number of fused-ring (bicyclic) bond motifs is 1. The van der Waals surface area contributed by atoms with Crippen LogP contribution in [0.15, 0.2) is 23.2 Å². The summed E-state index contributed by atoms with van der Waals surface area (Å²) < 4.78 is 28.8. The lowest BCUT2D eigenvalue weighted by molar-refractivity contribution is 0.0699. The predicted molar refractivity (Wildman–Crippen MR) is 77.7 cm³/mol. The molecule has 1 heterocycles. The van der Waals surface area contributed by atoms with Gasteiger partial charge < -0.3 is 5.11 Å². The second-order valence-corrected chi connectivity index (χ2v) is 7.39. The molecule has 21 heavy (non-hydrogen) atoms. The first-order valence-corrected chi connectivity index (χ1v) is 7.74. The molecule has 0 aliphatic rings. The number of hydrogen-bond donors (Lipinski definition) is 2. The lowest BCUT2D eigenvalue weighted by Crippen LogP contribution is -2.41. The van der Waals surface area contributed by atoms with E-state index in [0.717, 1.165) is 0 Å². The first-order chi connectivity index (χ1) is 9.53. The van der Waals surface area contributed by atoms with Gasteiger partial charge in [0.1, 0.15) is 0 Å². The summed E-state index contributed by atoms with van der Waals surface area (Å²) in [7, 11) is -2.43. The average Bonchev–Trinajstić information content (AvgIpc) is 2.61. The third-order valence-electron chi connectivity index (χ3n) is 2.73. The maximum atomic E-state index is 12.6. The number of carboxylic acids is 1. The number of benzene rings is 1. The van der Waals surface area contributed by atoms with Gasteiger partial charge in [0, 0.05) is 12.6 Å². The predicted octanol–water partition coefficient (Wildman–Crippen LogP) is 1.35. The van der Waals surface area contributed by atoms with E-state index < -0.39 is 21.5 Å². The molecule has 2 rings (SSSR count). The molecule has 2 aromatic rings. The lowest BCUT2D eigenvalue weighted by atomic mass is 10.1. The van der Waals surface area contributed by atoms with Crippen molar-refractivity contribution in [2.75, 3.05) is 0 Å². The summed E-state index contributed by atoms with van der Waals surface area (Å²) >= 11 is 0. The molecule has 8 heteroatoms. The summed E-state index contributed by atoms with van der Waals surface area (Å²) in [6, 6.07) is 4.48. The SMILES string of the molecule is Cn1nc2cccc(C(=O)O)c2c1S(=O)(=O)NC(C)(C)C. The fourth-order valence-electron chi connectivity index (χ4n) is 2.15. The lowest BCUT2D eigenvalue weighted by Gasteiger charge is -2.20. The van der Waals surface area contributed by atoms with Crippen molar-refractivity contribution in [3.05, 3.63) is 23.8 Å². The third kappa shape index (κ3) is 2.91. The summed E-state index contributed by atoms with van der Waals surface area (Å²) in [5, 5.41) is 13.3. The molecule has 0 saturated carbocycles. The van der Waals surface area contributed by atoms with Crippen LogP contribution in [0.25, 0.3) is 10.9 Å². The molecule has 1 aromatic carbocycles. The maximum absolute atomic E-state index is 12.6. The van der Waals surface area contributed by atoms with Crippen molar-refractivity contribution in [2.45, 2.75) is 31.3 Å². The first kappa shape index (κ1) is 15.5. The fourth-order valence-corrected chi connectivity index (χ4v) is 3.93. The van der Waals surface area contributed by atoms with Crippen LogP contribution in [0.5, 0.6) is 0 Å². The van der Waals surface area contributed by atoms with Crippen LogP contribution in [-0.2, 0) is 17.1 Å². The zero-order chi connectivity index (χ0) is 16.0. The summed E-state index contributed by atoms with van der Waals surface area (Å²) in [6.45, 7) is 5.13. The van der Waals surface area contributed by atoms with Gasteiger partial charge >= 0.3 is 5.97 Å². The molecule has 0 atom stereocenters. The smallest absolute Gasteiger partial charge is 0.336 e. The summed E-state index contributed by atoms with van der Waals surface area (Å²) in [5.41, 5.74) is -0.449. The van der Waals surface area contributed by atoms with E-state index >= 15 is 0 Å². The Hall–Kier alpha value is -1.93. The van der Waals surface area contributed by atoms with E-state index in [9.17, 15) is 18.3 Å². The highest BCUT2D eigenvalue weighted by Crippen LogP contribution is 2.26. The maximum Gasteiger partial charge on any atom is 0.336 e. The standard InChI is InChI=1S/C13H17N3O4S/c1-13(2,3)15-21(19,20)11-10-8(12(17)18)6-5-7-9(10)14-16(11)4/h5-7,15H,1-4H3,(H,17,18). The Morgan fingerprint density at radius 2 is 1.95 bits per heavy atom. The van der Waals surface area contributed by atoms with Gasteiger partial charge in [0.05, 0.1) is 16.5 Å². The Labute approximate surface area is 122 Å². The molecule has 0 radical (unpaired) electrons. The molecule has 2 N–H and O–H groups in total. The second kappa shape index (κ2) is 4.81. The van der Waals surface area contributed by atoms with E-state index in [4.69, 9.17) is 0 Å². The Bertz CT molecular complexity index is 816. The van der Waals surface area contributed by atoms with Crippen LogP contribution in [-0.4, -0.2) is 34.8 Å². The van der Waals surface area contributed by atoms with E-state index in [1.165, 1.54) is 23.9 Å².